The summed E-state index contributed by atoms with van der Waals surface area (Å²) in [6, 6.07) is 8.64. The van der Waals surface area contributed by atoms with E-state index in [4.69, 9.17) is 5.73 Å². The zero-order chi connectivity index (χ0) is 18.4. The van der Waals surface area contributed by atoms with E-state index in [1.165, 1.54) is 4.90 Å². The van der Waals surface area contributed by atoms with Gasteiger partial charge < -0.3 is 20.6 Å². The second-order valence-electron chi connectivity index (χ2n) is 6.16. The van der Waals surface area contributed by atoms with Gasteiger partial charge >= 0.3 is 0 Å². The van der Waals surface area contributed by atoms with Crippen molar-refractivity contribution < 1.29 is 4.79 Å². The number of hydrogen-bond acceptors (Lipinski definition) is 5. The maximum atomic E-state index is 12.4. The minimum absolute atomic E-state index is 0.125. The summed E-state index contributed by atoms with van der Waals surface area (Å²) in [5.41, 5.74) is 9.02. The fourth-order valence-corrected chi connectivity index (χ4v) is 2.88. The zero-order valence-corrected chi connectivity index (χ0v) is 14.2. The molecule has 4 rings (SSSR count). The predicted molar refractivity (Wildman–Crippen MR) is 99.9 cm³/mol. The number of amides is 1. The van der Waals surface area contributed by atoms with Crippen LogP contribution in [-0.4, -0.2) is 44.8 Å². The molecule has 0 aliphatic rings. The third-order valence-corrected chi connectivity index (χ3v) is 4.20. The largest absolute Gasteiger partial charge is 0.396 e. The topological polar surface area (TPSA) is 121 Å². The van der Waals surface area contributed by atoms with Crippen molar-refractivity contribution in [3.8, 4) is 11.4 Å². The lowest BCUT2D eigenvalue weighted by molar-refractivity contribution is 0.0828. The van der Waals surface area contributed by atoms with Gasteiger partial charge in [-0.15, -0.1) is 0 Å². The van der Waals surface area contributed by atoms with Gasteiger partial charge in [0.15, 0.2) is 11.3 Å². The number of nitrogens with zero attached hydrogens (tertiary/aromatic N) is 3. The van der Waals surface area contributed by atoms with E-state index in [0.717, 1.165) is 5.52 Å². The SMILES string of the molecule is CN(C)C(=O)c1ccc2[nH]c(-c3nc4ncccc4[nH]c3=O)c(N)c2c1. The normalized spacial score (nSPS) is 11.2. The number of aromatic nitrogens is 4. The van der Waals surface area contributed by atoms with Crippen molar-refractivity contribution in [3.63, 3.8) is 0 Å². The molecule has 4 N–H and O–H groups in total. The van der Waals surface area contributed by atoms with Gasteiger partial charge in [-0.25, -0.2) is 9.97 Å². The van der Waals surface area contributed by atoms with Crippen LogP contribution in [0, 0.1) is 0 Å². The molecule has 0 radical (unpaired) electrons. The van der Waals surface area contributed by atoms with Gasteiger partial charge in [0.2, 0.25) is 0 Å². The highest BCUT2D eigenvalue weighted by Crippen LogP contribution is 2.31. The molecule has 0 saturated heterocycles. The molecule has 1 aromatic carbocycles. The van der Waals surface area contributed by atoms with Crippen LogP contribution in [0.3, 0.4) is 0 Å². The average Bonchev–Trinajstić information content (AvgIpc) is 2.96. The molecule has 0 bridgehead atoms. The van der Waals surface area contributed by atoms with Gasteiger partial charge in [0.05, 0.1) is 16.9 Å². The van der Waals surface area contributed by atoms with Crippen LogP contribution in [0.25, 0.3) is 33.5 Å². The number of aromatic amines is 2. The first kappa shape index (κ1) is 15.8. The third kappa shape index (κ3) is 2.39. The number of fused-ring (bicyclic) bond motifs is 2. The van der Waals surface area contributed by atoms with Crippen molar-refractivity contribution in [1.82, 2.24) is 24.8 Å². The van der Waals surface area contributed by atoms with Crippen molar-refractivity contribution in [2.45, 2.75) is 0 Å². The van der Waals surface area contributed by atoms with Crippen LogP contribution >= 0.6 is 0 Å². The van der Waals surface area contributed by atoms with E-state index in [1.807, 2.05) is 0 Å². The lowest BCUT2D eigenvalue weighted by Gasteiger charge is -2.09. The number of carbonyl (C=O) groups is 1. The van der Waals surface area contributed by atoms with Crippen molar-refractivity contribution >= 4 is 33.7 Å². The Morgan fingerprint density at radius 3 is 2.73 bits per heavy atom. The summed E-state index contributed by atoms with van der Waals surface area (Å²) in [6.07, 6.45) is 1.60. The number of hydrogen-bond donors (Lipinski definition) is 3. The second kappa shape index (κ2) is 5.69. The first-order valence-electron chi connectivity index (χ1n) is 7.94. The molecule has 8 nitrogen and oxygen atoms in total. The molecule has 0 aliphatic heterocycles. The highest BCUT2D eigenvalue weighted by Gasteiger charge is 2.18. The zero-order valence-electron chi connectivity index (χ0n) is 14.2. The Kier molecular flexibility index (Phi) is 3.47. The number of benzene rings is 1. The van der Waals surface area contributed by atoms with Crippen molar-refractivity contribution in [2.75, 3.05) is 19.8 Å². The van der Waals surface area contributed by atoms with Gasteiger partial charge in [0.25, 0.3) is 11.5 Å². The van der Waals surface area contributed by atoms with E-state index in [2.05, 4.69) is 19.9 Å². The van der Waals surface area contributed by atoms with Gasteiger partial charge in [0, 0.05) is 36.8 Å². The van der Waals surface area contributed by atoms with E-state index in [1.54, 1.807) is 50.6 Å². The number of nitrogens with one attached hydrogen (secondary N) is 2. The first-order valence-corrected chi connectivity index (χ1v) is 7.94. The number of anilines is 1. The lowest BCUT2D eigenvalue weighted by atomic mass is 10.1. The molecule has 130 valence electrons. The van der Waals surface area contributed by atoms with Crippen LogP contribution in [0.15, 0.2) is 41.3 Å². The van der Waals surface area contributed by atoms with E-state index in [0.29, 0.717) is 33.5 Å². The maximum absolute atomic E-state index is 12.4. The Bertz CT molecular complexity index is 1220. The van der Waals surface area contributed by atoms with Gasteiger partial charge in [-0.1, -0.05) is 0 Å². The van der Waals surface area contributed by atoms with Crippen LogP contribution in [0.1, 0.15) is 10.4 Å². The van der Waals surface area contributed by atoms with E-state index < -0.39 is 0 Å². The molecule has 3 heterocycles. The molecule has 3 aromatic heterocycles. The monoisotopic (exact) mass is 348 g/mol. The summed E-state index contributed by atoms with van der Waals surface area (Å²) in [6.45, 7) is 0. The molecule has 8 heteroatoms. The van der Waals surface area contributed by atoms with Crippen LogP contribution in [0.4, 0.5) is 5.69 Å². The Morgan fingerprint density at radius 2 is 1.96 bits per heavy atom. The Labute approximate surface area is 147 Å². The van der Waals surface area contributed by atoms with E-state index in [9.17, 15) is 9.59 Å². The Morgan fingerprint density at radius 1 is 1.15 bits per heavy atom. The molecular formula is C18H16N6O2. The summed E-state index contributed by atoms with van der Waals surface area (Å²) in [4.78, 5) is 40.5. The Balaban J connectivity index is 1.93. The van der Waals surface area contributed by atoms with Crippen LogP contribution in [-0.2, 0) is 0 Å². The quantitative estimate of drug-likeness (QED) is 0.509. The maximum Gasteiger partial charge on any atom is 0.276 e. The van der Waals surface area contributed by atoms with Gasteiger partial charge in [-0.05, 0) is 30.3 Å². The van der Waals surface area contributed by atoms with Crippen molar-refractivity contribution in [1.29, 1.82) is 0 Å². The minimum atomic E-state index is -0.367. The first-order chi connectivity index (χ1) is 12.5. The lowest BCUT2D eigenvalue weighted by Crippen LogP contribution is -2.21. The van der Waals surface area contributed by atoms with Crippen LogP contribution in [0.2, 0.25) is 0 Å². The van der Waals surface area contributed by atoms with E-state index >= 15 is 0 Å². The fourth-order valence-electron chi connectivity index (χ4n) is 2.88. The molecule has 0 fully saturated rings. The average molecular weight is 348 g/mol. The summed E-state index contributed by atoms with van der Waals surface area (Å²) in [5, 5.41) is 0.662. The molecule has 26 heavy (non-hydrogen) atoms. The number of nitrogen functional groups attached to an aromatic ring is 1. The third-order valence-electron chi connectivity index (χ3n) is 4.20. The van der Waals surface area contributed by atoms with Gasteiger partial charge in [-0.3, -0.25) is 9.59 Å². The van der Waals surface area contributed by atoms with E-state index in [-0.39, 0.29) is 17.2 Å². The second-order valence-corrected chi connectivity index (χ2v) is 6.16. The highest BCUT2D eigenvalue weighted by molar-refractivity contribution is 6.04. The smallest absolute Gasteiger partial charge is 0.276 e. The molecule has 0 unspecified atom stereocenters. The molecule has 0 saturated carbocycles. The summed E-state index contributed by atoms with van der Waals surface area (Å²) in [5.74, 6) is -0.125. The Hall–Kier alpha value is -3.68. The molecular weight excluding hydrogens is 332 g/mol. The van der Waals surface area contributed by atoms with Gasteiger partial charge in [-0.2, -0.15) is 0 Å². The molecule has 0 atom stereocenters. The molecule has 1 amide bonds. The summed E-state index contributed by atoms with van der Waals surface area (Å²) < 4.78 is 0. The minimum Gasteiger partial charge on any atom is -0.396 e. The highest BCUT2D eigenvalue weighted by atomic mass is 16.2. The van der Waals surface area contributed by atoms with Gasteiger partial charge in [0.1, 0.15) is 0 Å². The van der Waals surface area contributed by atoms with Crippen molar-refractivity contribution in [3.05, 3.63) is 52.4 Å². The molecule has 0 aliphatic carbocycles. The standard InChI is InChI=1S/C18H16N6O2/c1-24(2)18(26)9-5-6-11-10(8-9)13(19)14(21-11)15-17(25)22-12-4-3-7-20-16(12)23-15/h3-8,21H,19H2,1-2H3,(H,22,25). The summed E-state index contributed by atoms with van der Waals surface area (Å²) >= 11 is 0. The number of nitrogens with two attached hydrogens (primary N) is 1. The number of carbonyl (C=O) groups excluding carboxylic acids is 1. The predicted octanol–water partition coefficient (Wildman–Crippen LogP) is 1.75. The number of H-pyrrole nitrogens is 2. The number of rotatable bonds is 2. The molecule has 0 spiro atoms. The van der Waals surface area contributed by atoms with Crippen LogP contribution < -0.4 is 11.3 Å². The molecule has 4 aromatic rings. The van der Waals surface area contributed by atoms with Crippen LogP contribution in [0.5, 0.6) is 0 Å². The fraction of sp³-hybridized carbons (Fsp3) is 0.111. The van der Waals surface area contributed by atoms with Crippen molar-refractivity contribution in [2.24, 2.45) is 0 Å². The summed E-state index contributed by atoms with van der Waals surface area (Å²) in [7, 11) is 3.37. The number of pyridine rings is 1.